The Balaban J connectivity index is 1.40. The van der Waals surface area contributed by atoms with Gasteiger partial charge in [-0.2, -0.15) is 10.2 Å². The number of β-amino-alcohol motifs (C(OH)–C–C–N with tert-alkyl or cyclic N) is 1. The van der Waals surface area contributed by atoms with Crippen molar-refractivity contribution in [3.05, 3.63) is 53.1 Å². The van der Waals surface area contributed by atoms with E-state index in [1.807, 2.05) is 26.0 Å². The number of likely N-dealkylation sites (tertiary alicyclic amines) is 1. The summed E-state index contributed by atoms with van der Waals surface area (Å²) in [6.45, 7) is 6.37. The highest BCUT2D eigenvalue weighted by Crippen LogP contribution is 2.39. The normalized spacial score (nSPS) is 18.4. The number of nitriles is 1. The SMILES string of the molecule is CC(C)Oc1ccc(-c2nc(-c3cccc4c3CCC4CN3CC(O)C3)no2)cc1C#N. The molecule has 3 aromatic rings. The third kappa shape index (κ3) is 3.88. The summed E-state index contributed by atoms with van der Waals surface area (Å²) in [5.74, 6) is 1.97. The number of rotatable bonds is 6. The molecule has 0 radical (unpaired) electrons. The van der Waals surface area contributed by atoms with Gasteiger partial charge in [-0.15, -0.1) is 0 Å². The van der Waals surface area contributed by atoms with Gasteiger partial charge in [-0.05, 0) is 61.9 Å². The molecule has 1 unspecified atom stereocenters. The molecule has 2 heterocycles. The zero-order chi connectivity index (χ0) is 22.2. The lowest BCUT2D eigenvalue weighted by molar-refractivity contribution is -0.00113. The number of aromatic nitrogens is 2. The largest absolute Gasteiger partial charge is 0.490 e. The van der Waals surface area contributed by atoms with Gasteiger partial charge in [0, 0.05) is 30.8 Å². The van der Waals surface area contributed by atoms with Crippen LogP contribution in [0.1, 0.15) is 42.9 Å². The Morgan fingerprint density at radius 1 is 1.28 bits per heavy atom. The lowest BCUT2D eigenvalue weighted by Gasteiger charge is -2.37. The van der Waals surface area contributed by atoms with Gasteiger partial charge >= 0.3 is 0 Å². The molecule has 0 bridgehead atoms. The molecule has 7 nitrogen and oxygen atoms in total. The quantitative estimate of drug-likeness (QED) is 0.636. The first-order chi connectivity index (χ1) is 15.5. The third-order valence-electron chi connectivity index (χ3n) is 6.19. The fraction of sp³-hybridized carbons (Fsp3) is 0.400. The summed E-state index contributed by atoms with van der Waals surface area (Å²) in [5, 5.41) is 23.3. The van der Waals surface area contributed by atoms with Gasteiger partial charge in [-0.25, -0.2) is 0 Å². The van der Waals surface area contributed by atoms with Crippen LogP contribution < -0.4 is 4.74 Å². The van der Waals surface area contributed by atoms with Crippen molar-refractivity contribution >= 4 is 0 Å². The van der Waals surface area contributed by atoms with Crippen molar-refractivity contribution in [1.82, 2.24) is 15.0 Å². The molecule has 0 spiro atoms. The van der Waals surface area contributed by atoms with E-state index < -0.39 is 0 Å². The van der Waals surface area contributed by atoms with Crippen LogP contribution in [-0.2, 0) is 6.42 Å². The van der Waals surface area contributed by atoms with Gasteiger partial charge in [0.25, 0.3) is 5.89 Å². The van der Waals surface area contributed by atoms with Gasteiger partial charge in [0.15, 0.2) is 0 Å². The predicted molar refractivity (Wildman–Crippen MR) is 119 cm³/mol. The summed E-state index contributed by atoms with van der Waals surface area (Å²) >= 11 is 0. The zero-order valence-corrected chi connectivity index (χ0v) is 18.3. The lowest BCUT2D eigenvalue weighted by atomic mass is 9.96. The van der Waals surface area contributed by atoms with Crippen molar-refractivity contribution in [2.24, 2.45) is 0 Å². The molecule has 1 fully saturated rings. The smallest absolute Gasteiger partial charge is 0.258 e. The fourth-order valence-corrected chi connectivity index (χ4v) is 4.70. The van der Waals surface area contributed by atoms with Crippen molar-refractivity contribution in [3.63, 3.8) is 0 Å². The molecule has 0 saturated carbocycles. The van der Waals surface area contributed by atoms with Crippen molar-refractivity contribution in [3.8, 4) is 34.7 Å². The molecule has 1 saturated heterocycles. The zero-order valence-electron chi connectivity index (χ0n) is 18.3. The fourth-order valence-electron chi connectivity index (χ4n) is 4.70. The van der Waals surface area contributed by atoms with Crippen LogP contribution in [0.2, 0.25) is 0 Å². The maximum atomic E-state index is 9.57. The number of hydrogen-bond donors (Lipinski definition) is 1. The van der Waals surface area contributed by atoms with Gasteiger partial charge in [-0.3, -0.25) is 4.90 Å². The van der Waals surface area contributed by atoms with Crippen LogP contribution in [0.3, 0.4) is 0 Å². The third-order valence-corrected chi connectivity index (χ3v) is 6.19. The standard InChI is InChI=1S/C25H26N4O3/c1-15(2)31-23-9-7-16(10-18(23)11-26)25-27-24(28-32-25)22-5-3-4-20-17(6-8-21(20)22)12-29-13-19(30)14-29/h3-5,7,9-10,15,17,19,30H,6,8,12-14H2,1-2H3. The Hall–Kier alpha value is -3.21. The van der Waals surface area contributed by atoms with Crippen molar-refractivity contribution in [1.29, 1.82) is 5.26 Å². The molecule has 164 valence electrons. The molecular formula is C25H26N4O3. The average Bonchev–Trinajstić information content (AvgIpc) is 3.40. The number of nitrogens with zero attached hydrogens (tertiary/aromatic N) is 4. The predicted octanol–water partition coefficient (Wildman–Crippen LogP) is 3.77. The first-order valence-corrected chi connectivity index (χ1v) is 11.1. The minimum atomic E-state index is -0.174. The maximum absolute atomic E-state index is 9.57. The van der Waals surface area contributed by atoms with E-state index in [1.54, 1.807) is 12.1 Å². The second-order valence-electron chi connectivity index (χ2n) is 8.89. The second kappa shape index (κ2) is 8.38. The van der Waals surface area contributed by atoms with Crippen molar-refractivity contribution in [2.45, 2.75) is 44.8 Å². The van der Waals surface area contributed by atoms with E-state index in [-0.39, 0.29) is 12.2 Å². The Bertz CT molecular complexity index is 1170. The molecule has 1 aliphatic heterocycles. The Kier molecular flexibility index (Phi) is 5.41. The molecule has 7 heteroatoms. The van der Waals surface area contributed by atoms with Crippen LogP contribution in [0, 0.1) is 11.3 Å². The summed E-state index contributed by atoms with van der Waals surface area (Å²) in [7, 11) is 0. The Morgan fingerprint density at radius 2 is 2.12 bits per heavy atom. The molecule has 32 heavy (non-hydrogen) atoms. The second-order valence-corrected chi connectivity index (χ2v) is 8.89. The lowest BCUT2D eigenvalue weighted by Crippen LogP contribution is -2.51. The summed E-state index contributed by atoms with van der Waals surface area (Å²) in [6.07, 6.45) is 1.88. The first kappa shape index (κ1) is 20.7. The van der Waals surface area contributed by atoms with Gasteiger partial charge in [0.05, 0.1) is 17.8 Å². The molecule has 1 atom stereocenters. The molecular weight excluding hydrogens is 404 g/mol. The molecule has 1 aliphatic carbocycles. The van der Waals surface area contributed by atoms with E-state index in [2.05, 4.69) is 33.2 Å². The molecule has 2 aliphatic rings. The number of aliphatic hydroxyl groups is 1. The van der Waals surface area contributed by atoms with Crippen molar-refractivity contribution in [2.75, 3.05) is 19.6 Å². The first-order valence-electron chi connectivity index (χ1n) is 11.1. The number of fused-ring (bicyclic) bond motifs is 1. The monoisotopic (exact) mass is 430 g/mol. The average molecular weight is 431 g/mol. The Morgan fingerprint density at radius 3 is 2.88 bits per heavy atom. The topological polar surface area (TPSA) is 95.4 Å². The van der Waals surface area contributed by atoms with Gasteiger partial charge in [-0.1, -0.05) is 23.4 Å². The summed E-state index contributed by atoms with van der Waals surface area (Å²) in [6, 6.07) is 13.8. The van der Waals surface area contributed by atoms with Crippen LogP contribution in [0.4, 0.5) is 0 Å². The highest BCUT2D eigenvalue weighted by molar-refractivity contribution is 5.67. The summed E-state index contributed by atoms with van der Waals surface area (Å²) in [5.41, 5.74) is 4.76. The van der Waals surface area contributed by atoms with Crippen molar-refractivity contribution < 1.29 is 14.4 Å². The Labute approximate surface area is 187 Å². The minimum Gasteiger partial charge on any atom is -0.490 e. The van der Waals surface area contributed by atoms with Crippen LogP contribution in [0.5, 0.6) is 5.75 Å². The van der Waals surface area contributed by atoms with E-state index >= 15 is 0 Å². The van der Waals surface area contributed by atoms with Crippen LogP contribution in [0.25, 0.3) is 22.8 Å². The number of aliphatic hydroxyl groups excluding tert-OH is 1. The number of hydrogen-bond acceptors (Lipinski definition) is 7. The number of benzene rings is 2. The van der Waals surface area contributed by atoms with Gasteiger partial charge in [0.1, 0.15) is 11.8 Å². The van der Waals surface area contributed by atoms with Crippen LogP contribution >= 0.6 is 0 Å². The summed E-state index contributed by atoms with van der Waals surface area (Å²) in [4.78, 5) is 6.95. The van der Waals surface area contributed by atoms with E-state index in [0.717, 1.165) is 38.0 Å². The molecule has 0 amide bonds. The van der Waals surface area contributed by atoms with E-state index in [4.69, 9.17) is 9.26 Å². The highest BCUT2D eigenvalue weighted by atomic mass is 16.5. The molecule has 1 aromatic heterocycles. The van der Waals surface area contributed by atoms with Gasteiger partial charge < -0.3 is 14.4 Å². The van der Waals surface area contributed by atoms with E-state index in [0.29, 0.717) is 34.5 Å². The molecule has 5 rings (SSSR count). The van der Waals surface area contributed by atoms with Gasteiger partial charge in [0.2, 0.25) is 5.82 Å². The summed E-state index contributed by atoms with van der Waals surface area (Å²) < 4.78 is 11.3. The van der Waals surface area contributed by atoms with E-state index in [1.165, 1.54) is 11.1 Å². The number of ether oxygens (including phenoxy) is 1. The highest BCUT2D eigenvalue weighted by Gasteiger charge is 2.32. The minimum absolute atomic E-state index is 0.0156. The molecule has 2 aromatic carbocycles. The van der Waals surface area contributed by atoms with E-state index in [9.17, 15) is 10.4 Å². The molecule has 1 N–H and O–H groups in total. The maximum Gasteiger partial charge on any atom is 0.258 e. The van der Waals surface area contributed by atoms with Crippen LogP contribution in [0.15, 0.2) is 40.9 Å². The van der Waals surface area contributed by atoms with Crippen LogP contribution in [-0.4, -0.2) is 52.0 Å².